The van der Waals surface area contributed by atoms with Crippen LogP contribution in [0.25, 0.3) is 0 Å². The van der Waals surface area contributed by atoms with E-state index in [0.717, 1.165) is 0 Å². The molecule has 0 saturated carbocycles. The van der Waals surface area contributed by atoms with Gasteiger partial charge < -0.3 is 26.2 Å². The summed E-state index contributed by atoms with van der Waals surface area (Å²) in [6.07, 6.45) is 1.93. The third-order valence-electron chi connectivity index (χ3n) is 2.61. The number of carbonyl (C=O) groups is 1. The second-order valence-electron chi connectivity index (χ2n) is 3.75. The molecule has 0 aliphatic rings. The Labute approximate surface area is 93.5 Å². The van der Waals surface area contributed by atoms with Crippen molar-refractivity contribution < 1.29 is 15.0 Å². The molecule has 0 radical (unpaired) electrons. The van der Waals surface area contributed by atoms with Crippen LogP contribution < -0.4 is 11.1 Å². The Hall–Kier alpha value is -1.53. The molecule has 1 rings (SSSR count). The van der Waals surface area contributed by atoms with Crippen LogP contribution in [0.1, 0.15) is 23.8 Å². The Morgan fingerprint density at radius 2 is 2.19 bits per heavy atom. The van der Waals surface area contributed by atoms with E-state index < -0.39 is 11.4 Å². The number of nitrogen functional groups attached to an aromatic ring is 1. The van der Waals surface area contributed by atoms with Crippen LogP contribution >= 0.6 is 0 Å². The zero-order valence-corrected chi connectivity index (χ0v) is 9.16. The Bertz CT molecular complexity index is 350. The number of aromatic nitrogens is 1. The van der Waals surface area contributed by atoms with Crippen LogP contribution in [-0.4, -0.2) is 39.9 Å². The zero-order chi connectivity index (χ0) is 12.2. The molecule has 16 heavy (non-hydrogen) atoms. The summed E-state index contributed by atoms with van der Waals surface area (Å²) in [7, 11) is 0. The minimum atomic E-state index is -0.989. The second kappa shape index (κ2) is 5.00. The van der Waals surface area contributed by atoms with Gasteiger partial charge in [0.1, 0.15) is 5.69 Å². The molecule has 1 aromatic heterocycles. The highest BCUT2D eigenvalue weighted by atomic mass is 16.3. The van der Waals surface area contributed by atoms with Crippen LogP contribution in [-0.2, 0) is 0 Å². The average molecular weight is 227 g/mol. The fourth-order valence-corrected chi connectivity index (χ4v) is 1.29. The third-order valence-corrected chi connectivity index (χ3v) is 2.61. The van der Waals surface area contributed by atoms with Gasteiger partial charge in [0.2, 0.25) is 0 Å². The topological polar surface area (TPSA) is 111 Å². The lowest BCUT2D eigenvalue weighted by molar-refractivity contribution is 0.0649. The molecule has 0 spiro atoms. The van der Waals surface area contributed by atoms with Crippen LogP contribution in [0.3, 0.4) is 0 Å². The van der Waals surface area contributed by atoms with Crippen molar-refractivity contribution in [3.05, 3.63) is 18.0 Å². The Morgan fingerprint density at radius 1 is 1.56 bits per heavy atom. The van der Waals surface area contributed by atoms with Gasteiger partial charge >= 0.3 is 0 Å². The average Bonchev–Trinajstić information content (AvgIpc) is 2.73. The first-order valence-electron chi connectivity index (χ1n) is 5.05. The third kappa shape index (κ3) is 2.53. The minimum absolute atomic E-state index is 0.303. The number of hydrogen-bond acceptors (Lipinski definition) is 4. The fraction of sp³-hybridized carbons (Fsp3) is 0.500. The number of hydrogen-bond donors (Lipinski definition) is 5. The van der Waals surface area contributed by atoms with Crippen molar-refractivity contribution in [2.24, 2.45) is 0 Å². The summed E-state index contributed by atoms with van der Waals surface area (Å²) in [6.45, 7) is 1.14. The molecule has 1 heterocycles. The highest BCUT2D eigenvalue weighted by molar-refractivity contribution is 5.93. The van der Waals surface area contributed by atoms with Crippen LogP contribution in [0.4, 0.5) is 5.69 Å². The summed E-state index contributed by atoms with van der Waals surface area (Å²) >= 11 is 0. The quantitative estimate of drug-likeness (QED) is 0.465. The van der Waals surface area contributed by atoms with Crippen molar-refractivity contribution in [3.63, 3.8) is 0 Å². The lowest BCUT2D eigenvalue weighted by Gasteiger charge is -2.29. The normalized spacial score (nSPS) is 11.4. The lowest BCUT2D eigenvalue weighted by atomic mass is 9.98. The maximum Gasteiger partial charge on any atom is 0.268 e. The molecule has 0 bridgehead atoms. The largest absolute Gasteiger partial charge is 0.397 e. The molecule has 90 valence electrons. The van der Waals surface area contributed by atoms with Gasteiger partial charge in [-0.3, -0.25) is 4.79 Å². The first-order chi connectivity index (χ1) is 7.56. The Balaban J connectivity index is 2.76. The Kier molecular flexibility index (Phi) is 3.92. The fourth-order valence-electron chi connectivity index (χ4n) is 1.29. The molecular formula is C10H17N3O3. The number of anilines is 1. The zero-order valence-electron chi connectivity index (χ0n) is 9.16. The molecule has 6 heteroatoms. The van der Waals surface area contributed by atoms with Gasteiger partial charge in [0.05, 0.1) is 18.8 Å². The SMILES string of the molecule is CCC(CO)(CO)NC(=O)c1cc(N)c[nH]1. The number of rotatable bonds is 5. The summed E-state index contributed by atoms with van der Waals surface area (Å²) in [5.41, 5.74) is 5.24. The van der Waals surface area contributed by atoms with Crippen molar-refractivity contribution in [2.45, 2.75) is 18.9 Å². The van der Waals surface area contributed by atoms with Crippen molar-refractivity contribution >= 4 is 11.6 Å². The number of carbonyl (C=O) groups excluding carboxylic acids is 1. The van der Waals surface area contributed by atoms with E-state index in [1.54, 1.807) is 6.92 Å². The molecule has 0 saturated heterocycles. The summed E-state index contributed by atoms with van der Waals surface area (Å²) < 4.78 is 0. The van der Waals surface area contributed by atoms with E-state index in [-0.39, 0.29) is 13.2 Å². The number of nitrogens with two attached hydrogens (primary N) is 1. The van der Waals surface area contributed by atoms with E-state index in [1.807, 2.05) is 0 Å². The standard InChI is InChI=1S/C10H17N3O3/c1-2-10(5-14,6-15)13-9(16)8-3-7(11)4-12-8/h3-4,12,14-15H,2,5-6,11H2,1H3,(H,13,16). The van der Waals surface area contributed by atoms with Crippen molar-refractivity contribution in [2.75, 3.05) is 18.9 Å². The predicted octanol–water partition coefficient (Wildman–Crippen LogP) is -0.540. The first-order valence-corrected chi connectivity index (χ1v) is 5.05. The van der Waals surface area contributed by atoms with Gasteiger partial charge in [0.25, 0.3) is 5.91 Å². The molecule has 0 atom stereocenters. The number of aliphatic hydroxyl groups is 2. The first kappa shape index (κ1) is 12.5. The lowest BCUT2D eigenvalue weighted by Crippen LogP contribution is -2.53. The summed E-state index contributed by atoms with van der Waals surface area (Å²) in [5, 5.41) is 20.9. The van der Waals surface area contributed by atoms with Gasteiger partial charge in [-0.2, -0.15) is 0 Å². The van der Waals surface area contributed by atoms with Crippen molar-refractivity contribution in [1.29, 1.82) is 0 Å². The molecule has 1 amide bonds. The predicted molar refractivity (Wildman–Crippen MR) is 59.9 cm³/mol. The molecule has 0 unspecified atom stereocenters. The van der Waals surface area contributed by atoms with E-state index in [0.29, 0.717) is 17.8 Å². The highest BCUT2D eigenvalue weighted by Gasteiger charge is 2.29. The molecule has 6 N–H and O–H groups in total. The maximum atomic E-state index is 11.7. The molecule has 0 aliphatic heterocycles. The van der Waals surface area contributed by atoms with Gasteiger partial charge in [0, 0.05) is 11.9 Å². The van der Waals surface area contributed by atoms with Crippen molar-refractivity contribution in [3.8, 4) is 0 Å². The van der Waals surface area contributed by atoms with Crippen LogP contribution in [0.15, 0.2) is 12.3 Å². The van der Waals surface area contributed by atoms with Crippen LogP contribution in [0.2, 0.25) is 0 Å². The molecule has 0 aromatic carbocycles. The molecule has 1 aromatic rings. The molecule has 0 fully saturated rings. The number of amides is 1. The molecular weight excluding hydrogens is 210 g/mol. The number of H-pyrrole nitrogens is 1. The number of aliphatic hydroxyl groups excluding tert-OH is 2. The summed E-state index contributed by atoms with van der Waals surface area (Å²) in [5.74, 6) is -0.401. The summed E-state index contributed by atoms with van der Waals surface area (Å²) in [6, 6.07) is 1.49. The van der Waals surface area contributed by atoms with Gasteiger partial charge in [-0.15, -0.1) is 0 Å². The maximum absolute atomic E-state index is 11.7. The van der Waals surface area contributed by atoms with Gasteiger partial charge in [0.15, 0.2) is 0 Å². The van der Waals surface area contributed by atoms with E-state index in [1.165, 1.54) is 12.3 Å². The molecule has 6 nitrogen and oxygen atoms in total. The highest BCUT2D eigenvalue weighted by Crippen LogP contribution is 2.11. The van der Waals surface area contributed by atoms with E-state index >= 15 is 0 Å². The summed E-state index contributed by atoms with van der Waals surface area (Å²) in [4.78, 5) is 14.4. The smallest absolute Gasteiger partial charge is 0.268 e. The minimum Gasteiger partial charge on any atom is -0.397 e. The van der Waals surface area contributed by atoms with Gasteiger partial charge in [-0.25, -0.2) is 0 Å². The van der Waals surface area contributed by atoms with Gasteiger partial charge in [-0.1, -0.05) is 6.92 Å². The van der Waals surface area contributed by atoms with Crippen LogP contribution in [0.5, 0.6) is 0 Å². The number of nitrogens with one attached hydrogen (secondary N) is 2. The second-order valence-corrected chi connectivity index (χ2v) is 3.75. The van der Waals surface area contributed by atoms with E-state index in [2.05, 4.69) is 10.3 Å². The molecule has 0 aliphatic carbocycles. The van der Waals surface area contributed by atoms with Gasteiger partial charge in [-0.05, 0) is 12.5 Å². The van der Waals surface area contributed by atoms with E-state index in [9.17, 15) is 4.79 Å². The van der Waals surface area contributed by atoms with E-state index in [4.69, 9.17) is 15.9 Å². The monoisotopic (exact) mass is 227 g/mol. The van der Waals surface area contributed by atoms with Crippen LogP contribution in [0, 0.1) is 0 Å². The Morgan fingerprint density at radius 3 is 2.56 bits per heavy atom. The number of aromatic amines is 1. The van der Waals surface area contributed by atoms with Crippen molar-refractivity contribution in [1.82, 2.24) is 10.3 Å².